The van der Waals surface area contributed by atoms with Crippen LogP contribution in [0.15, 0.2) is 42.5 Å². The lowest BCUT2D eigenvalue weighted by molar-refractivity contribution is -0.124. The number of ether oxygens (including phenoxy) is 3. The van der Waals surface area contributed by atoms with Crippen molar-refractivity contribution in [3.63, 3.8) is 0 Å². The SMILES string of the molecule is COc1ccc(CNC(=O)[C@@H]2[C@@H]3CC[C@@]4(CC(=O)c5ccccc5O4)[C@H]32)c(OC)c1. The standard InChI is InChI=1S/C24H25NO5/c1-28-15-8-7-14(20(11-15)29-2)13-25-23(27)21-17-9-10-24(22(17)21)12-18(26)16-5-3-4-6-19(16)30-24/h3-8,11,17,21-22H,9-10,12-13H2,1-2H3,(H,25,27)/t17-,21+,22+,24+/m0/s1. The molecule has 0 unspecified atom stereocenters. The summed E-state index contributed by atoms with van der Waals surface area (Å²) in [5.41, 5.74) is 1.01. The number of methoxy groups -OCH3 is 2. The van der Waals surface area contributed by atoms with Crippen molar-refractivity contribution in [3.8, 4) is 17.2 Å². The van der Waals surface area contributed by atoms with Gasteiger partial charge in [-0.05, 0) is 43.0 Å². The van der Waals surface area contributed by atoms with Crippen LogP contribution in [0.3, 0.4) is 0 Å². The zero-order valence-electron chi connectivity index (χ0n) is 17.1. The molecule has 1 amide bonds. The highest BCUT2D eigenvalue weighted by molar-refractivity contribution is 6.00. The average molecular weight is 407 g/mol. The van der Waals surface area contributed by atoms with Crippen molar-refractivity contribution in [2.24, 2.45) is 17.8 Å². The zero-order valence-corrected chi connectivity index (χ0v) is 17.1. The Balaban J connectivity index is 1.28. The summed E-state index contributed by atoms with van der Waals surface area (Å²) in [5.74, 6) is 2.49. The first-order chi connectivity index (χ1) is 14.6. The van der Waals surface area contributed by atoms with Gasteiger partial charge in [0.05, 0.1) is 26.2 Å². The van der Waals surface area contributed by atoms with E-state index >= 15 is 0 Å². The molecule has 6 heteroatoms. The Morgan fingerprint density at radius 1 is 1.20 bits per heavy atom. The van der Waals surface area contributed by atoms with E-state index in [1.807, 2.05) is 36.4 Å². The summed E-state index contributed by atoms with van der Waals surface area (Å²) in [4.78, 5) is 25.7. The smallest absolute Gasteiger partial charge is 0.224 e. The third-order valence-electron chi connectivity index (χ3n) is 6.89. The molecule has 0 aromatic heterocycles. The van der Waals surface area contributed by atoms with Gasteiger partial charge in [0.1, 0.15) is 22.8 Å². The minimum absolute atomic E-state index is 0.0249. The number of hydrogen-bond acceptors (Lipinski definition) is 5. The van der Waals surface area contributed by atoms with Gasteiger partial charge in [-0.2, -0.15) is 0 Å². The molecule has 156 valence electrons. The third-order valence-corrected chi connectivity index (χ3v) is 6.89. The molecule has 2 fully saturated rings. The van der Waals surface area contributed by atoms with E-state index in [2.05, 4.69) is 5.32 Å². The van der Waals surface area contributed by atoms with Gasteiger partial charge in [-0.1, -0.05) is 12.1 Å². The summed E-state index contributed by atoms with van der Waals surface area (Å²) in [7, 11) is 3.21. The molecule has 0 saturated heterocycles. The van der Waals surface area contributed by atoms with Crippen molar-refractivity contribution in [2.75, 3.05) is 14.2 Å². The molecule has 30 heavy (non-hydrogen) atoms. The largest absolute Gasteiger partial charge is 0.497 e. The van der Waals surface area contributed by atoms with Crippen LogP contribution in [-0.2, 0) is 11.3 Å². The van der Waals surface area contributed by atoms with E-state index in [1.165, 1.54) is 0 Å². The molecule has 0 bridgehead atoms. The van der Waals surface area contributed by atoms with Gasteiger partial charge in [-0.3, -0.25) is 9.59 Å². The summed E-state index contributed by atoms with van der Waals surface area (Å²) in [5, 5.41) is 3.05. The number of ketones is 1. The Morgan fingerprint density at radius 2 is 2.03 bits per heavy atom. The molecule has 2 aromatic rings. The van der Waals surface area contributed by atoms with Crippen LogP contribution < -0.4 is 19.5 Å². The minimum Gasteiger partial charge on any atom is -0.497 e. The number of Topliss-reactive ketones (excluding diaryl/α,β-unsaturated/α-hetero) is 1. The number of hydrogen-bond donors (Lipinski definition) is 1. The predicted molar refractivity (Wildman–Crippen MR) is 110 cm³/mol. The molecule has 0 radical (unpaired) electrons. The van der Waals surface area contributed by atoms with Gasteiger partial charge >= 0.3 is 0 Å². The van der Waals surface area contributed by atoms with Crippen molar-refractivity contribution < 1.29 is 23.8 Å². The Morgan fingerprint density at radius 3 is 2.83 bits per heavy atom. The van der Waals surface area contributed by atoms with Crippen molar-refractivity contribution in [3.05, 3.63) is 53.6 Å². The first-order valence-electron chi connectivity index (χ1n) is 10.4. The van der Waals surface area contributed by atoms with Crippen molar-refractivity contribution in [1.29, 1.82) is 0 Å². The van der Waals surface area contributed by atoms with Crippen LogP contribution in [-0.4, -0.2) is 31.5 Å². The van der Waals surface area contributed by atoms with Crippen LogP contribution in [0.5, 0.6) is 17.2 Å². The van der Waals surface area contributed by atoms with Gasteiger partial charge in [-0.25, -0.2) is 0 Å². The molecule has 4 atom stereocenters. The fourth-order valence-corrected chi connectivity index (χ4v) is 5.42. The van der Waals surface area contributed by atoms with Crippen LogP contribution in [0, 0.1) is 17.8 Å². The normalized spacial score (nSPS) is 28.3. The van der Waals surface area contributed by atoms with Crippen molar-refractivity contribution >= 4 is 11.7 Å². The lowest BCUT2D eigenvalue weighted by atomic mass is 9.84. The van der Waals surface area contributed by atoms with E-state index in [9.17, 15) is 9.59 Å². The molecular formula is C24H25NO5. The predicted octanol–water partition coefficient (Wildman–Crippen LogP) is 3.38. The topological polar surface area (TPSA) is 73.9 Å². The number of rotatable bonds is 5. The van der Waals surface area contributed by atoms with Crippen LogP contribution in [0.25, 0.3) is 0 Å². The number of nitrogens with one attached hydrogen (secondary N) is 1. The van der Waals surface area contributed by atoms with Gasteiger partial charge in [-0.15, -0.1) is 0 Å². The zero-order chi connectivity index (χ0) is 20.9. The molecule has 2 saturated carbocycles. The van der Waals surface area contributed by atoms with Gasteiger partial charge < -0.3 is 19.5 Å². The van der Waals surface area contributed by atoms with Crippen LogP contribution in [0.1, 0.15) is 35.2 Å². The van der Waals surface area contributed by atoms with Crippen molar-refractivity contribution in [1.82, 2.24) is 5.32 Å². The summed E-state index contributed by atoms with van der Waals surface area (Å²) < 4.78 is 17.0. The molecule has 2 aliphatic carbocycles. The Bertz CT molecular complexity index is 1020. The highest BCUT2D eigenvalue weighted by Gasteiger charge is 2.70. The first kappa shape index (κ1) is 19.0. The minimum atomic E-state index is -0.532. The molecule has 1 heterocycles. The molecule has 5 rings (SSSR count). The van der Waals surface area contributed by atoms with Gasteiger partial charge in [0.15, 0.2) is 5.78 Å². The first-order valence-corrected chi connectivity index (χ1v) is 10.4. The molecule has 1 aliphatic heterocycles. The fraction of sp³-hybridized carbons (Fsp3) is 0.417. The number of para-hydroxylation sites is 1. The van der Waals surface area contributed by atoms with Crippen molar-refractivity contribution in [2.45, 2.75) is 31.4 Å². The molecule has 1 spiro atoms. The van der Waals surface area contributed by atoms with E-state index in [0.717, 1.165) is 18.4 Å². The van der Waals surface area contributed by atoms with E-state index in [-0.39, 0.29) is 23.5 Å². The summed E-state index contributed by atoms with van der Waals surface area (Å²) in [6, 6.07) is 13.0. The maximum atomic E-state index is 13.0. The van der Waals surface area contributed by atoms with Gasteiger partial charge in [0, 0.05) is 30.0 Å². The van der Waals surface area contributed by atoms with E-state index in [4.69, 9.17) is 14.2 Å². The highest BCUT2D eigenvalue weighted by atomic mass is 16.5. The lowest BCUT2D eigenvalue weighted by Crippen LogP contribution is -2.44. The quantitative estimate of drug-likeness (QED) is 0.823. The molecule has 6 nitrogen and oxygen atoms in total. The summed E-state index contributed by atoms with van der Waals surface area (Å²) >= 11 is 0. The lowest BCUT2D eigenvalue weighted by Gasteiger charge is -2.37. The van der Waals surface area contributed by atoms with Crippen LogP contribution in [0.4, 0.5) is 0 Å². The average Bonchev–Trinajstić information content (AvgIpc) is 3.42. The molecule has 2 aromatic carbocycles. The summed E-state index contributed by atoms with van der Waals surface area (Å²) in [6.45, 7) is 0.386. The van der Waals surface area contributed by atoms with E-state index < -0.39 is 5.60 Å². The maximum absolute atomic E-state index is 13.0. The van der Waals surface area contributed by atoms with Crippen LogP contribution >= 0.6 is 0 Å². The Kier molecular flexibility index (Phi) is 4.45. The molecule has 1 N–H and O–H groups in total. The Labute approximate surface area is 175 Å². The second-order valence-corrected chi connectivity index (χ2v) is 8.41. The number of carbonyl (C=O) groups is 2. The highest BCUT2D eigenvalue weighted by Crippen LogP contribution is 2.65. The molecule has 3 aliphatic rings. The summed E-state index contributed by atoms with van der Waals surface area (Å²) in [6.07, 6.45) is 2.11. The maximum Gasteiger partial charge on any atom is 0.224 e. The second-order valence-electron chi connectivity index (χ2n) is 8.41. The number of carbonyl (C=O) groups excluding carboxylic acids is 2. The monoisotopic (exact) mass is 407 g/mol. The second kappa shape index (κ2) is 7.04. The van der Waals surface area contributed by atoms with E-state index in [0.29, 0.717) is 41.7 Å². The number of amides is 1. The van der Waals surface area contributed by atoms with Crippen LogP contribution in [0.2, 0.25) is 0 Å². The van der Waals surface area contributed by atoms with E-state index in [1.54, 1.807) is 20.3 Å². The third kappa shape index (κ3) is 2.93. The number of benzene rings is 2. The fourth-order valence-electron chi connectivity index (χ4n) is 5.42. The van der Waals surface area contributed by atoms with Gasteiger partial charge in [0.25, 0.3) is 0 Å². The number of fused-ring (bicyclic) bond motifs is 3. The Hall–Kier alpha value is -3.02. The van der Waals surface area contributed by atoms with Gasteiger partial charge in [0.2, 0.25) is 5.91 Å². The molecular weight excluding hydrogens is 382 g/mol.